The Morgan fingerprint density at radius 3 is 2.29 bits per heavy atom. The van der Waals surface area contributed by atoms with Gasteiger partial charge in [0.15, 0.2) is 0 Å². The van der Waals surface area contributed by atoms with Crippen LogP contribution in [0.5, 0.6) is 0 Å². The number of carbonyl (C=O) groups is 1. The molecule has 0 aromatic rings. The predicted octanol–water partition coefficient (Wildman–Crippen LogP) is 0.0767. The Morgan fingerprint density at radius 2 is 1.71 bits per heavy atom. The molecule has 2 aliphatic heterocycles. The highest BCUT2D eigenvalue weighted by Gasteiger charge is 2.25. The number of likely N-dealkylation sites (tertiary alicyclic amines) is 2. The van der Waals surface area contributed by atoms with Gasteiger partial charge < -0.3 is 19.7 Å². The van der Waals surface area contributed by atoms with E-state index in [-0.39, 0.29) is 6.42 Å². The summed E-state index contributed by atoms with van der Waals surface area (Å²) >= 11 is 0. The summed E-state index contributed by atoms with van der Waals surface area (Å²) in [6, 6.07) is 0.745. The van der Waals surface area contributed by atoms with E-state index in [2.05, 4.69) is 9.80 Å². The summed E-state index contributed by atoms with van der Waals surface area (Å²) in [5.74, 6) is -0.928. The van der Waals surface area contributed by atoms with E-state index in [1.165, 1.54) is 45.2 Å². The molecule has 0 amide bonds. The number of nitrogens with zero attached hydrogens (tertiary/aromatic N) is 2. The van der Waals surface area contributed by atoms with Gasteiger partial charge in [-0.3, -0.25) is 0 Å². The lowest BCUT2D eigenvalue weighted by Crippen LogP contribution is -2.47. The third-order valence-corrected chi connectivity index (χ3v) is 4.10. The lowest BCUT2D eigenvalue weighted by Gasteiger charge is -2.40. The Morgan fingerprint density at radius 1 is 1.06 bits per heavy atom. The maximum Gasteiger partial charge on any atom is 0.0427 e. The minimum absolute atomic E-state index is 0.175. The molecule has 0 N–H and O–H groups in total. The van der Waals surface area contributed by atoms with Crippen molar-refractivity contribution >= 4 is 5.97 Å². The molecule has 2 heterocycles. The van der Waals surface area contributed by atoms with Gasteiger partial charge in [-0.1, -0.05) is 6.42 Å². The second kappa shape index (κ2) is 6.36. The van der Waals surface area contributed by atoms with Crippen molar-refractivity contribution in [3.63, 3.8) is 0 Å². The Balaban J connectivity index is 1.68. The van der Waals surface area contributed by atoms with Crippen LogP contribution < -0.4 is 5.11 Å². The zero-order valence-electron chi connectivity index (χ0n) is 10.6. The quantitative estimate of drug-likeness (QED) is 0.697. The van der Waals surface area contributed by atoms with Crippen LogP contribution in [0.15, 0.2) is 0 Å². The van der Waals surface area contributed by atoms with Crippen molar-refractivity contribution in [2.45, 2.75) is 44.6 Å². The number of hydrogen-bond acceptors (Lipinski definition) is 4. The molecule has 0 radical (unpaired) electrons. The lowest BCUT2D eigenvalue weighted by atomic mass is 10.00. The molecule has 4 nitrogen and oxygen atoms in total. The van der Waals surface area contributed by atoms with Gasteiger partial charge >= 0.3 is 0 Å². The monoisotopic (exact) mass is 239 g/mol. The zero-order valence-corrected chi connectivity index (χ0v) is 10.6. The average Bonchev–Trinajstić information content (AvgIpc) is 2.38. The highest BCUT2D eigenvalue weighted by Crippen LogP contribution is 2.20. The molecule has 0 bridgehead atoms. The zero-order chi connectivity index (χ0) is 12.1. The molecule has 0 saturated carbocycles. The summed E-state index contributed by atoms with van der Waals surface area (Å²) in [6.07, 6.45) is 6.67. The van der Waals surface area contributed by atoms with Crippen LogP contribution in [0.1, 0.15) is 38.5 Å². The van der Waals surface area contributed by atoms with Gasteiger partial charge in [0.25, 0.3) is 0 Å². The highest BCUT2D eigenvalue weighted by atomic mass is 16.4. The number of piperidine rings is 2. The van der Waals surface area contributed by atoms with Gasteiger partial charge in [0, 0.05) is 18.6 Å². The third kappa shape index (κ3) is 3.96. The first-order valence-electron chi connectivity index (χ1n) is 6.92. The van der Waals surface area contributed by atoms with Crippen LogP contribution in [0.25, 0.3) is 0 Å². The molecular formula is C13H23N2O2-. The van der Waals surface area contributed by atoms with Crippen LogP contribution in [0.2, 0.25) is 0 Å². The van der Waals surface area contributed by atoms with E-state index in [4.69, 9.17) is 0 Å². The van der Waals surface area contributed by atoms with E-state index in [1.54, 1.807) is 0 Å². The molecule has 0 atom stereocenters. The molecule has 98 valence electrons. The molecule has 0 spiro atoms. The molecule has 4 heteroatoms. The van der Waals surface area contributed by atoms with E-state index in [0.717, 1.165) is 19.1 Å². The number of rotatable bonds is 4. The van der Waals surface area contributed by atoms with Gasteiger partial charge in [-0.2, -0.15) is 0 Å². The Bertz CT molecular complexity index is 244. The average molecular weight is 239 g/mol. The highest BCUT2D eigenvalue weighted by molar-refractivity contribution is 5.64. The van der Waals surface area contributed by atoms with E-state index < -0.39 is 5.97 Å². The van der Waals surface area contributed by atoms with Crippen LogP contribution in [0.4, 0.5) is 0 Å². The number of carboxylic acid groups (broad SMARTS) is 1. The topological polar surface area (TPSA) is 46.6 Å². The van der Waals surface area contributed by atoms with Crippen molar-refractivity contribution in [3.8, 4) is 0 Å². The normalized spacial score (nSPS) is 24.9. The Hall–Kier alpha value is -0.610. The third-order valence-electron chi connectivity index (χ3n) is 4.10. The van der Waals surface area contributed by atoms with E-state index in [0.29, 0.717) is 6.54 Å². The molecule has 0 aliphatic carbocycles. The van der Waals surface area contributed by atoms with E-state index >= 15 is 0 Å². The van der Waals surface area contributed by atoms with Gasteiger partial charge in [0.05, 0.1) is 0 Å². The summed E-state index contributed by atoms with van der Waals surface area (Å²) in [6.45, 7) is 5.30. The van der Waals surface area contributed by atoms with Crippen LogP contribution in [0, 0.1) is 0 Å². The molecule has 17 heavy (non-hydrogen) atoms. The molecule has 2 fully saturated rings. The molecule has 0 aromatic heterocycles. The van der Waals surface area contributed by atoms with Gasteiger partial charge in [-0.05, 0) is 58.3 Å². The van der Waals surface area contributed by atoms with Crippen LogP contribution in [-0.2, 0) is 4.79 Å². The first-order chi connectivity index (χ1) is 8.25. The largest absolute Gasteiger partial charge is 0.550 e. The van der Waals surface area contributed by atoms with Crippen LogP contribution >= 0.6 is 0 Å². The Labute approximate surface area is 104 Å². The molecular weight excluding hydrogens is 216 g/mol. The maximum absolute atomic E-state index is 10.4. The lowest BCUT2D eigenvalue weighted by molar-refractivity contribution is -0.305. The fourth-order valence-electron chi connectivity index (χ4n) is 3.04. The maximum atomic E-state index is 10.4. The second-order valence-electron chi connectivity index (χ2n) is 5.29. The fraction of sp³-hybridized carbons (Fsp3) is 0.923. The Kier molecular flexibility index (Phi) is 4.80. The number of carbonyl (C=O) groups excluding carboxylic acids is 1. The summed E-state index contributed by atoms with van der Waals surface area (Å²) in [5.41, 5.74) is 0. The van der Waals surface area contributed by atoms with Crippen molar-refractivity contribution in [1.82, 2.24) is 9.80 Å². The van der Waals surface area contributed by atoms with Gasteiger partial charge in [-0.25, -0.2) is 0 Å². The van der Waals surface area contributed by atoms with Crippen molar-refractivity contribution in [2.24, 2.45) is 0 Å². The van der Waals surface area contributed by atoms with Crippen LogP contribution in [-0.4, -0.2) is 54.5 Å². The summed E-state index contributed by atoms with van der Waals surface area (Å²) in [5, 5.41) is 10.4. The minimum atomic E-state index is -0.928. The minimum Gasteiger partial charge on any atom is -0.550 e. The van der Waals surface area contributed by atoms with Gasteiger partial charge in [-0.15, -0.1) is 0 Å². The summed E-state index contributed by atoms with van der Waals surface area (Å²) in [7, 11) is 0. The molecule has 0 unspecified atom stereocenters. The second-order valence-corrected chi connectivity index (χ2v) is 5.29. The predicted molar refractivity (Wildman–Crippen MR) is 64.5 cm³/mol. The van der Waals surface area contributed by atoms with Crippen molar-refractivity contribution in [1.29, 1.82) is 0 Å². The molecule has 2 saturated heterocycles. The number of aliphatic carboxylic acids is 1. The van der Waals surface area contributed by atoms with Crippen molar-refractivity contribution < 1.29 is 9.90 Å². The molecule has 0 aromatic carbocycles. The van der Waals surface area contributed by atoms with E-state index in [9.17, 15) is 9.90 Å². The first-order valence-corrected chi connectivity index (χ1v) is 6.92. The molecule has 2 rings (SSSR count). The number of hydrogen-bond donors (Lipinski definition) is 0. The van der Waals surface area contributed by atoms with Crippen LogP contribution in [0.3, 0.4) is 0 Å². The summed E-state index contributed by atoms with van der Waals surface area (Å²) in [4.78, 5) is 15.3. The van der Waals surface area contributed by atoms with Crippen molar-refractivity contribution in [3.05, 3.63) is 0 Å². The van der Waals surface area contributed by atoms with Gasteiger partial charge in [0.2, 0.25) is 0 Å². The summed E-state index contributed by atoms with van der Waals surface area (Å²) < 4.78 is 0. The van der Waals surface area contributed by atoms with Gasteiger partial charge in [0.1, 0.15) is 0 Å². The smallest absolute Gasteiger partial charge is 0.0427 e. The first kappa shape index (κ1) is 12.8. The fourth-order valence-corrected chi connectivity index (χ4v) is 3.04. The van der Waals surface area contributed by atoms with E-state index in [1.807, 2.05) is 0 Å². The standard InChI is InChI=1S/C13H24N2O2/c16-13(17)6-11-14-9-4-12(5-10-14)15-7-2-1-3-8-15/h12H,1-11H2,(H,16,17)/p-1. The molecule has 2 aliphatic rings. The SMILES string of the molecule is O=C([O-])CCN1CCC(N2CCCCC2)CC1. The van der Waals surface area contributed by atoms with Crippen molar-refractivity contribution in [2.75, 3.05) is 32.7 Å². The number of carboxylic acids is 1.